The largest absolute Gasteiger partial charge is 0.478 e. The Labute approximate surface area is 202 Å². The van der Waals surface area contributed by atoms with Crippen molar-refractivity contribution < 1.29 is 32.3 Å². The summed E-state index contributed by atoms with van der Waals surface area (Å²) in [5.74, 6) is -2.45. The van der Waals surface area contributed by atoms with E-state index < -0.39 is 35.1 Å². The Balaban J connectivity index is 1.44. The predicted octanol–water partition coefficient (Wildman–Crippen LogP) is 5.20. The lowest BCUT2D eigenvalue weighted by molar-refractivity contribution is -0.137. The van der Waals surface area contributed by atoms with Crippen molar-refractivity contribution in [2.75, 3.05) is 0 Å². The molecule has 4 aromatic rings. The fourth-order valence-corrected chi connectivity index (χ4v) is 4.30. The average Bonchev–Trinajstić information content (AvgIpc) is 3.51. The molecule has 2 heterocycles. The van der Waals surface area contributed by atoms with Crippen molar-refractivity contribution in [2.24, 2.45) is 0 Å². The molecule has 1 saturated carbocycles. The Hall–Kier alpha value is -4.21. The summed E-state index contributed by atoms with van der Waals surface area (Å²) in [6, 6.07) is 15.1. The van der Waals surface area contributed by atoms with E-state index in [-0.39, 0.29) is 23.3 Å². The van der Waals surface area contributed by atoms with E-state index in [2.05, 4.69) is 10.3 Å². The highest BCUT2D eigenvalue weighted by molar-refractivity contribution is 5.94. The lowest BCUT2D eigenvalue weighted by Crippen LogP contribution is -2.36. The van der Waals surface area contributed by atoms with Gasteiger partial charge in [0.25, 0.3) is 5.91 Å². The third-order valence-electron chi connectivity index (χ3n) is 6.35. The van der Waals surface area contributed by atoms with E-state index in [1.807, 2.05) is 0 Å². The van der Waals surface area contributed by atoms with Gasteiger partial charge in [-0.05, 0) is 60.4 Å². The number of nitrogens with zero attached hydrogens (tertiary/aromatic N) is 2. The monoisotopic (exact) mass is 497 g/mol. The minimum absolute atomic E-state index is 0.00200. The van der Waals surface area contributed by atoms with Crippen LogP contribution in [0.3, 0.4) is 0 Å². The van der Waals surface area contributed by atoms with Crippen LogP contribution in [0.25, 0.3) is 5.65 Å². The first-order valence-corrected chi connectivity index (χ1v) is 11.1. The standard InChI is InChI=1S/C26H19F4N3O3/c27-21-14-20(23(34)32-25(11-12-25)17-7-3-16(4-8-17)24(35)36)33-19(9-10-22(33)31-21)13-15-1-5-18(6-2-15)26(28,29)30/h1-10,14H,11-13H2,(H,32,34)(H,35,36). The number of carboxylic acid groups (broad SMARTS) is 1. The summed E-state index contributed by atoms with van der Waals surface area (Å²) >= 11 is 0. The first kappa shape index (κ1) is 23.5. The van der Waals surface area contributed by atoms with Crippen LogP contribution in [0.2, 0.25) is 0 Å². The van der Waals surface area contributed by atoms with Gasteiger partial charge in [0.05, 0.1) is 16.7 Å². The van der Waals surface area contributed by atoms with Crippen LogP contribution in [0.5, 0.6) is 0 Å². The van der Waals surface area contributed by atoms with Gasteiger partial charge in [-0.2, -0.15) is 17.6 Å². The number of hydrogen-bond acceptors (Lipinski definition) is 3. The van der Waals surface area contributed by atoms with Gasteiger partial charge in [-0.15, -0.1) is 0 Å². The quantitative estimate of drug-likeness (QED) is 0.283. The van der Waals surface area contributed by atoms with Crippen LogP contribution in [0.1, 0.15) is 56.1 Å². The van der Waals surface area contributed by atoms with E-state index >= 15 is 0 Å². The Morgan fingerprint density at radius 3 is 2.25 bits per heavy atom. The maximum Gasteiger partial charge on any atom is 0.416 e. The molecule has 1 fully saturated rings. The van der Waals surface area contributed by atoms with E-state index in [1.165, 1.54) is 34.7 Å². The zero-order valence-electron chi connectivity index (χ0n) is 18.6. The minimum atomic E-state index is -4.44. The summed E-state index contributed by atoms with van der Waals surface area (Å²) in [4.78, 5) is 28.3. The van der Waals surface area contributed by atoms with Gasteiger partial charge in [0.15, 0.2) is 0 Å². The molecule has 1 amide bonds. The molecule has 36 heavy (non-hydrogen) atoms. The smallest absolute Gasteiger partial charge is 0.416 e. The number of carbonyl (C=O) groups excluding carboxylic acids is 1. The lowest BCUT2D eigenvalue weighted by Gasteiger charge is -2.19. The molecule has 5 rings (SSSR count). The summed E-state index contributed by atoms with van der Waals surface area (Å²) in [7, 11) is 0. The Morgan fingerprint density at radius 1 is 1.00 bits per heavy atom. The van der Waals surface area contributed by atoms with Crippen LogP contribution in [0.4, 0.5) is 17.6 Å². The molecule has 6 nitrogen and oxygen atoms in total. The molecular formula is C26H19F4N3O3. The van der Waals surface area contributed by atoms with Crippen molar-refractivity contribution in [3.63, 3.8) is 0 Å². The van der Waals surface area contributed by atoms with Crippen molar-refractivity contribution in [1.82, 2.24) is 14.7 Å². The predicted molar refractivity (Wildman–Crippen MR) is 121 cm³/mol. The first-order valence-electron chi connectivity index (χ1n) is 11.1. The van der Waals surface area contributed by atoms with Crippen molar-refractivity contribution in [1.29, 1.82) is 0 Å². The first-order chi connectivity index (χ1) is 17.1. The topological polar surface area (TPSA) is 83.7 Å². The number of carbonyl (C=O) groups is 2. The lowest BCUT2D eigenvalue weighted by atomic mass is 10.0. The molecule has 0 radical (unpaired) electrons. The number of carboxylic acids is 1. The maximum atomic E-state index is 14.3. The van der Waals surface area contributed by atoms with Gasteiger partial charge < -0.3 is 10.4 Å². The van der Waals surface area contributed by atoms with Crippen molar-refractivity contribution in [3.05, 3.63) is 106 Å². The Bertz CT molecular complexity index is 1470. The van der Waals surface area contributed by atoms with Crippen molar-refractivity contribution in [2.45, 2.75) is 31.0 Å². The van der Waals surface area contributed by atoms with E-state index in [1.54, 1.807) is 18.2 Å². The van der Waals surface area contributed by atoms with Gasteiger partial charge in [0.2, 0.25) is 5.95 Å². The number of alkyl halides is 3. The molecule has 2 aromatic heterocycles. The van der Waals surface area contributed by atoms with Gasteiger partial charge in [-0.25, -0.2) is 9.78 Å². The number of halogens is 4. The van der Waals surface area contributed by atoms with Crippen LogP contribution in [-0.4, -0.2) is 26.4 Å². The minimum Gasteiger partial charge on any atom is -0.478 e. The number of aromatic carboxylic acids is 1. The molecule has 0 unspecified atom stereocenters. The molecular weight excluding hydrogens is 478 g/mol. The second kappa shape index (κ2) is 8.47. The highest BCUT2D eigenvalue weighted by atomic mass is 19.4. The number of rotatable bonds is 6. The number of hydrogen-bond donors (Lipinski definition) is 2. The fraction of sp³-hybridized carbons (Fsp3) is 0.192. The summed E-state index contributed by atoms with van der Waals surface area (Å²) in [5, 5.41) is 12.1. The van der Waals surface area contributed by atoms with Gasteiger partial charge >= 0.3 is 12.1 Å². The number of fused-ring (bicyclic) bond motifs is 1. The SMILES string of the molecule is O=C(O)c1ccc(C2(NC(=O)c3cc(F)nc4ccc(Cc5ccc(C(F)(F)F)cc5)n34)CC2)cc1. The second-order valence-corrected chi connectivity index (χ2v) is 8.77. The van der Waals surface area contributed by atoms with E-state index in [0.29, 0.717) is 24.1 Å². The van der Waals surface area contributed by atoms with Gasteiger partial charge in [0, 0.05) is 18.2 Å². The van der Waals surface area contributed by atoms with E-state index in [4.69, 9.17) is 5.11 Å². The molecule has 0 bridgehead atoms. The number of nitrogens with one attached hydrogen (secondary N) is 1. The number of aromatic nitrogens is 2. The van der Waals surface area contributed by atoms with Crippen molar-refractivity contribution in [3.8, 4) is 0 Å². The Kier molecular flexibility index (Phi) is 5.54. The summed E-state index contributed by atoms with van der Waals surface area (Å²) < 4.78 is 54.4. The van der Waals surface area contributed by atoms with Crippen LogP contribution in [-0.2, 0) is 18.1 Å². The Morgan fingerprint density at radius 2 is 1.67 bits per heavy atom. The molecule has 1 aliphatic rings. The maximum absolute atomic E-state index is 14.3. The number of amides is 1. The summed E-state index contributed by atoms with van der Waals surface area (Å²) in [5.41, 5.74) is 0.731. The van der Waals surface area contributed by atoms with Crippen LogP contribution in [0.15, 0.2) is 66.7 Å². The highest BCUT2D eigenvalue weighted by Gasteiger charge is 2.46. The number of benzene rings is 2. The molecule has 0 aliphatic heterocycles. The third-order valence-corrected chi connectivity index (χ3v) is 6.35. The molecule has 10 heteroatoms. The average molecular weight is 497 g/mol. The summed E-state index contributed by atoms with van der Waals surface area (Å²) in [6.45, 7) is 0. The molecule has 0 saturated heterocycles. The zero-order chi connectivity index (χ0) is 25.7. The molecule has 1 aliphatic carbocycles. The molecule has 184 valence electrons. The molecule has 2 N–H and O–H groups in total. The fourth-order valence-electron chi connectivity index (χ4n) is 4.30. The summed E-state index contributed by atoms with van der Waals surface area (Å²) in [6.07, 6.45) is -2.99. The molecule has 0 spiro atoms. The normalized spacial score (nSPS) is 14.6. The van der Waals surface area contributed by atoms with Crippen LogP contribution in [0, 0.1) is 5.95 Å². The second-order valence-electron chi connectivity index (χ2n) is 8.77. The molecule has 2 aromatic carbocycles. The van der Waals surface area contributed by atoms with E-state index in [9.17, 15) is 27.2 Å². The molecule has 0 atom stereocenters. The van der Waals surface area contributed by atoms with Gasteiger partial charge in [0.1, 0.15) is 11.3 Å². The van der Waals surface area contributed by atoms with Crippen molar-refractivity contribution >= 4 is 17.5 Å². The third kappa shape index (κ3) is 4.41. The van der Waals surface area contributed by atoms with Crippen LogP contribution >= 0.6 is 0 Å². The van der Waals surface area contributed by atoms with E-state index in [0.717, 1.165) is 23.8 Å². The van der Waals surface area contributed by atoms with Gasteiger partial charge in [-0.3, -0.25) is 9.20 Å². The zero-order valence-corrected chi connectivity index (χ0v) is 18.6. The highest BCUT2D eigenvalue weighted by Crippen LogP contribution is 2.45. The van der Waals surface area contributed by atoms with Gasteiger partial charge in [-0.1, -0.05) is 24.3 Å². The van der Waals surface area contributed by atoms with Crippen LogP contribution < -0.4 is 5.32 Å².